The molecule has 0 spiro atoms. The van der Waals surface area contributed by atoms with Crippen LogP contribution in [0.1, 0.15) is 60.8 Å². The van der Waals surface area contributed by atoms with Crippen molar-refractivity contribution in [2.24, 2.45) is 11.3 Å². The van der Waals surface area contributed by atoms with Crippen molar-refractivity contribution in [3.05, 3.63) is 0 Å². The molecule has 0 rings (SSSR count). The first-order valence-corrected chi connectivity index (χ1v) is 14.1. The summed E-state index contributed by atoms with van der Waals surface area (Å²) in [5, 5.41) is 0. The van der Waals surface area contributed by atoms with Gasteiger partial charge in [-0.05, 0) is 41.5 Å². The predicted octanol–water partition coefficient (Wildman–Crippen LogP) is 2.64. The average molecular weight is 613 g/mol. The van der Waals surface area contributed by atoms with Gasteiger partial charge in [0.15, 0.2) is 30.2 Å². The normalized spacial score (nSPS) is 11.4. The number of hydrogen-bond acceptors (Lipinski definition) is 14. The fourth-order valence-electron chi connectivity index (χ4n) is 3.86. The van der Waals surface area contributed by atoms with Crippen LogP contribution in [0.4, 0.5) is 0 Å². The molecular formula is C28H52O14. The van der Waals surface area contributed by atoms with E-state index in [0.717, 1.165) is 0 Å². The van der Waals surface area contributed by atoms with Crippen LogP contribution in [0.3, 0.4) is 0 Å². The number of ether oxygens (including phenoxy) is 10. The van der Waals surface area contributed by atoms with E-state index in [1.807, 2.05) is 0 Å². The van der Waals surface area contributed by atoms with Gasteiger partial charge in [-0.15, -0.1) is 0 Å². The first kappa shape index (κ1) is 41.8. The summed E-state index contributed by atoms with van der Waals surface area (Å²) in [7, 11) is 4.86. The number of carbonyl (C=O) groups excluding carboxylic acids is 4. The van der Waals surface area contributed by atoms with Gasteiger partial charge in [-0.3, -0.25) is 19.2 Å². The van der Waals surface area contributed by atoms with Crippen LogP contribution < -0.4 is 0 Å². The maximum Gasteiger partial charge on any atom is 0.323 e. The van der Waals surface area contributed by atoms with Crippen LogP contribution in [0.15, 0.2) is 0 Å². The molecule has 14 heteroatoms. The van der Waals surface area contributed by atoms with Crippen LogP contribution in [-0.4, -0.2) is 111 Å². The quantitative estimate of drug-likeness (QED) is 0.0759. The van der Waals surface area contributed by atoms with E-state index in [2.05, 4.69) is 9.47 Å². The standard InChI is InChI=1S/C17H32O8.C11H20O6/c1-7-22-13(23-8-2)11-17(15(18)20-5,16(19)21-6)12-14(24-9-3)25-10-4;1-5-16-9(17-6-2)7-8(10(12)14-3)11(13)15-4/h13-14H,7-12H2,1-6H3;8-9H,5-7H2,1-4H3. The van der Waals surface area contributed by atoms with Crippen LogP contribution in [0.5, 0.6) is 0 Å². The zero-order valence-corrected chi connectivity index (χ0v) is 26.9. The Morgan fingerprint density at radius 2 is 0.762 bits per heavy atom. The summed E-state index contributed by atoms with van der Waals surface area (Å²) in [4.78, 5) is 48.0. The lowest BCUT2D eigenvalue weighted by molar-refractivity contribution is -0.206. The largest absolute Gasteiger partial charge is 0.468 e. The molecule has 0 heterocycles. The second kappa shape index (κ2) is 25.2. The molecule has 0 aliphatic carbocycles. The van der Waals surface area contributed by atoms with Crippen LogP contribution in [0.25, 0.3) is 0 Å². The monoisotopic (exact) mass is 612 g/mol. The maximum atomic E-state index is 12.6. The van der Waals surface area contributed by atoms with Gasteiger partial charge >= 0.3 is 23.9 Å². The second-order valence-electron chi connectivity index (χ2n) is 8.33. The van der Waals surface area contributed by atoms with Gasteiger partial charge < -0.3 is 47.4 Å². The molecule has 0 aliphatic rings. The Morgan fingerprint density at radius 1 is 0.476 bits per heavy atom. The zero-order chi connectivity index (χ0) is 32.6. The van der Waals surface area contributed by atoms with Crippen molar-refractivity contribution in [1.29, 1.82) is 0 Å². The van der Waals surface area contributed by atoms with Gasteiger partial charge in [0, 0.05) is 58.9 Å². The van der Waals surface area contributed by atoms with Crippen molar-refractivity contribution in [2.45, 2.75) is 79.7 Å². The summed E-state index contributed by atoms with van der Waals surface area (Å²) >= 11 is 0. The molecule has 0 saturated carbocycles. The Balaban J connectivity index is 0. The summed E-state index contributed by atoms with van der Waals surface area (Å²) in [6.45, 7) is 13.1. The molecular weight excluding hydrogens is 560 g/mol. The average Bonchev–Trinajstić information content (AvgIpc) is 2.98. The van der Waals surface area contributed by atoms with Gasteiger partial charge in [-0.2, -0.15) is 0 Å². The molecule has 0 bridgehead atoms. The first-order chi connectivity index (χ1) is 20.0. The summed E-state index contributed by atoms with van der Waals surface area (Å²) < 4.78 is 51.4. The van der Waals surface area contributed by atoms with E-state index in [1.165, 1.54) is 28.4 Å². The number of hydrogen-bond donors (Lipinski definition) is 0. The van der Waals surface area contributed by atoms with Crippen molar-refractivity contribution in [3.8, 4) is 0 Å². The van der Waals surface area contributed by atoms with Gasteiger partial charge in [-0.25, -0.2) is 0 Å². The van der Waals surface area contributed by atoms with E-state index in [4.69, 9.17) is 37.9 Å². The lowest BCUT2D eigenvalue weighted by atomic mass is 9.80. The Kier molecular flexibility index (Phi) is 25.0. The molecule has 0 radical (unpaired) electrons. The molecule has 0 aromatic carbocycles. The minimum atomic E-state index is -1.66. The Bertz CT molecular complexity index is 674. The van der Waals surface area contributed by atoms with Gasteiger partial charge in [0.05, 0.1) is 28.4 Å². The topological polar surface area (TPSA) is 161 Å². The number of methoxy groups -OCH3 is 4. The SMILES string of the molecule is CCOC(CC(C(=O)OC)C(=O)OC)OCC.CCOC(CC(CC(OCC)OCC)(C(=O)OC)C(=O)OC)OCC. The van der Waals surface area contributed by atoms with E-state index in [0.29, 0.717) is 39.6 Å². The molecule has 248 valence electrons. The van der Waals surface area contributed by atoms with Crippen molar-refractivity contribution < 1.29 is 66.5 Å². The Morgan fingerprint density at radius 3 is 1.00 bits per heavy atom. The molecule has 0 unspecified atom stereocenters. The molecule has 42 heavy (non-hydrogen) atoms. The van der Waals surface area contributed by atoms with Crippen molar-refractivity contribution in [2.75, 3.05) is 68.1 Å². The summed E-state index contributed by atoms with van der Waals surface area (Å²) in [5.74, 6) is -3.81. The molecule has 0 aromatic rings. The number of rotatable bonds is 22. The van der Waals surface area contributed by atoms with Crippen LogP contribution >= 0.6 is 0 Å². The summed E-state index contributed by atoms with van der Waals surface area (Å²) in [6.07, 6.45) is -2.20. The highest BCUT2D eigenvalue weighted by atomic mass is 16.7. The highest BCUT2D eigenvalue weighted by molar-refractivity contribution is 6.00. The zero-order valence-electron chi connectivity index (χ0n) is 26.9. The molecule has 14 nitrogen and oxygen atoms in total. The maximum absolute atomic E-state index is 12.6. The predicted molar refractivity (Wildman–Crippen MR) is 149 cm³/mol. The van der Waals surface area contributed by atoms with Crippen LogP contribution in [0, 0.1) is 11.3 Å². The second-order valence-corrected chi connectivity index (χ2v) is 8.33. The highest BCUT2D eigenvalue weighted by Gasteiger charge is 2.52. The number of esters is 4. The summed E-state index contributed by atoms with van der Waals surface area (Å²) in [6, 6.07) is 0. The molecule has 0 N–H and O–H groups in total. The Hall–Kier alpha value is -2.36. The minimum absolute atomic E-state index is 0.0648. The molecule has 0 aromatic heterocycles. The van der Waals surface area contributed by atoms with Crippen molar-refractivity contribution >= 4 is 23.9 Å². The molecule has 0 amide bonds. The molecule has 0 atom stereocenters. The third-order valence-corrected chi connectivity index (χ3v) is 5.70. The van der Waals surface area contributed by atoms with E-state index in [9.17, 15) is 19.2 Å². The Labute approximate surface area is 249 Å². The molecule has 0 aliphatic heterocycles. The van der Waals surface area contributed by atoms with E-state index in [1.54, 1.807) is 41.5 Å². The van der Waals surface area contributed by atoms with Crippen LogP contribution in [0.2, 0.25) is 0 Å². The minimum Gasteiger partial charge on any atom is -0.468 e. The smallest absolute Gasteiger partial charge is 0.323 e. The van der Waals surface area contributed by atoms with Crippen molar-refractivity contribution in [3.63, 3.8) is 0 Å². The summed E-state index contributed by atoms with van der Waals surface area (Å²) in [5.41, 5.74) is -1.66. The molecule has 0 saturated heterocycles. The van der Waals surface area contributed by atoms with E-state index >= 15 is 0 Å². The molecule has 0 fully saturated rings. The third kappa shape index (κ3) is 15.2. The lowest BCUT2D eigenvalue weighted by Gasteiger charge is -2.33. The van der Waals surface area contributed by atoms with Gasteiger partial charge in [-0.1, -0.05) is 0 Å². The highest BCUT2D eigenvalue weighted by Crippen LogP contribution is 2.35. The van der Waals surface area contributed by atoms with Crippen molar-refractivity contribution in [1.82, 2.24) is 0 Å². The lowest BCUT2D eigenvalue weighted by Crippen LogP contribution is -2.47. The fraction of sp³-hybridized carbons (Fsp3) is 0.857. The third-order valence-electron chi connectivity index (χ3n) is 5.70. The van der Waals surface area contributed by atoms with E-state index < -0.39 is 54.1 Å². The number of carbonyl (C=O) groups is 4. The van der Waals surface area contributed by atoms with Gasteiger partial charge in [0.2, 0.25) is 0 Å². The van der Waals surface area contributed by atoms with Crippen LogP contribution in [-0.2, 0) is 66.5 Å². The van der Waals surface area contributed by atoms with E-state index in [-0.39, 0.29) is 19.3 Å². The van der Waals surface area contributed by atoms with Gasteiger partial charge in [0.1, 0.15) is 0 Å². The first-order valence-electron chi connectivity index (χ1n) is 14.1. The fourth-order valence-corrected chi connectivity index (χ4v) is 3.86. The van der Waals surface area contributed by atoms with Gasteiger partial charge in [0.25, 0.3) is 0 Å².